The molecule has 0 N–H and O–H groups in total. The van der Waals surface area contributed by atoms with Gasteiger partial charge in [-0.25, -0.2) is 0 Å². The van der Waals surface area contributed by atoms with E-state index in [0.717, 1.165) is 22.3 Å². The Hall–Kier alpha value is -6.71. The van der Waals surface area contributed by atoms with E-state index in [4.69, 9.17) is 15.0 Å². The first-order valence-corrected chi connectivity index (χ1v) is 20.7. The van der Waals surface area contributed by atoms with Crippen LogP contribution in [0.3, 0.4) is 0 Å². The number of aromatic nitrogens is 3. The van der Waals surface area contributed by atoms with E-state index in [1.165, 1.54) is 69.4 Å². The molecule has 10 aromatic rings. The van der Waals surface area contributed by atoms with Crippen molar-refractivity contribution >= 4 is 33.8 Å². The zero-order valence-corrected chi connectivity index (χ0v) is 31.9. The molecule has 12 rings (SSSR count). The molecule has 0 amide bonds. The van der Waals surface area contributed by atoms with E-state index < -0.39 is 5.41 Å². The summed E-state index contributed by atoms with van der Waals surface area (Å²) in [6.45, 7) is 0. The average Bonchev–Trinajstić information content (AvgIpc) is 3.91. The van der Waals surface area contributed by atoms with Gasteiger partial charge in [0.25, 0.3) is 0 Å². The summed E-state index contributed by atoms with van der Waals surface area (Å²) in [5, 5.41) is 2.60. The van der Waals surface area contributed by atoms with Gasteiger partial charge in [0.05, 0.1) is 0 Å². The standard InChI is InChI=1S/C52H31N3Se/c1-2-14-32(15-3-1)33-28-30-34(31-29-33)49-53-50(55-51(54-49)41-22-12-20-38-37-18-7-11-27-46(37)56-48(38)41)40-21-13-26-45-47(40)39-19-6-10-25-44(39)52(45)42-23-8-4-16-35(42)36-17-5-9-24-43(36)52/h1-31H. The van der Waals surface area contributed by atoms with Crippen molar-refractivity contribution in [3.63, 3.8) is 0 Å². The van der Waals surface area contributed by atoms with Gasteiger partial charge < -0.3 is 0 Å². The normalized spacial score (nSPS) is 13.1. The predicted molar refractivity (Wildman–Crippen MR) is 230 cm³/mol. The zero-order chi connectivity index (χ0) is 36.8. The third kappa shape index (κ3) is 4.43. The summed E-state index contributed by atoms with van der Waals surface area (Å²) in [6.07, 6.45) is 0. The van der Waals surface area contributed by atoms with Crippen LogP contribution in [0.25, 0.3) is 86.8 Å². The first kappa shape index (κ1) is 31.6. The van der Waals surface area contributed by atoms with Crippen molar-refractivity contribution in [1.82, 2.24) is 15.0 Å². The van der Waals surface area contributed by atoms with E-state index in [9.17, 15) is 0 Å². The van der Waals surface area contributed by atoms with Crippen molar-refractivity contribution in [2.45, 2.75) is 5.41 Å². The summed E-state index contributed by atoms with van der Waals surface area (Å²) in [7, 11) is 0. The number of fused-ring (bicyclic) bond motifs is 13. The van der Waals surface area contributed by atoms with Gasteiger partial charge in [-0.05, 0) is 0 Å². The molecule has 0 aliphatic heterocycles. The summed E-state index contributed by atoms with van der Waals surface area (Å²) < 4.78 is 2.72. The van der Waals surface area contributed by atoms with Crippen LogP contribution in [0, 0.1) is 0 Å². The Morgan fingerprint density at radius 2 is 0.804 bits per heavy atom. The summed E-state index contributed by atoms with van der Waals surface area (Å²) in [4.78, 5) is 16.1. The molecule has 260 valence electrons. The molecule has 8 aromatic carbocycles. The first-order valence-electron chi connectivity index (χ1n) is 19.0. The summed E-state index contributed by atoms with van der Waals surface area (Å²) in [5.74, 6) is 2.06. The van der Waals surface area contributed by atoms with Gasteiger partial charge in [-0.1, -0.05) is 18.2 Å². The van der Waals surface area contributed by atoms with Crippen LogP contribution < -0.4 is 0 Å². The quantitative estimate of drug-likeness (QED) is 0.167. The Balaban J connectivity index is 1.12. The first-order chi connectivity index (χ1) is 27.8. The summed E-state index contributed by atoms with van der Waals surface area (Å²) in [5.41, 5.74) is 15.1. The van der Waals surface area contributed by atoms with Crippen molar-refractivity contribution < 1.29 is 0 Å². The van der Waals surface area contributed by atoms with Gasteiger partial charge in [0, 0.05) is 0 Å². The zero-order valence-electron chi connectivity index (χ0n) is 30.1. The number of nitrogens with zero attached hydrogens (tertiary/aromatic N) is 3. The monoisotopic (exact) mass is 777 g/mol. The molecule has 56 heavy (non-hydrogen) atoms. The molecule has 0 saturated carbocycles. The molecular weight excluding hydrogens is 746 g/mol. The predicted octanol–water partition coefficient (Wildman–Crippen LogP) is 12.2. The number of rotatable bonds is 4. The third-order valence-electron chi connectivity index (χ3n) is 11.8. The van der Waals surface area contributed by atoms with Gasteiger partial charge in [0.15, 0.2) is 0 Å². The van der Waals surface area contributed by atoms with Gasteiger partial charge in [-0.15, -0.1) is 0 Å². The van der Waals surface area contributed by atoms with Crippen LogP contribution in [0.1, 0.15) is 22.3 Å². The van der Waals surface area contributed by atoms with E-state index >= 15 is 0 Å². The van der Waals surface area contributed by atoms with Gasteiger partial charge in [0.1, 0.15) is 0 Å². The van der Waals surface area contributed by atoms with Crippen LogP contribution >= 0.6 is 0 Å². The van der Waals surface area contributed by atoms with E-state index in [1.54, 1.807) is 0 Å². The molecule has 4 heteroatoms. The van der Waals surface area contributed by atoms with Gasteiger partial charge >= 0.3 is 314 Å². The van der Waals surface area contributed by atoms with Crippen LogP contribution in [0.4, 0.5) is 0 Å². The molecule has 0 bridgehead atoms. The maximum atomic E-state index is 5.45. The second-order valence-corrected chi connectivity index (χ2v) is 16.9. The third-order valence-corrected chi connectivity index (χ3v) is 14.4. The molecule has 0 saturated heterocycles. The molecule has 1 spiro atoms. The second kappa shape index (κ2) is 12.1. The number of benzene rings is 8. The molecule has 0 fully saturated rings. The Bertz CT molecular complexity index is 3150. The molecule has 2 aromatic heterocycles. The van der Waals surface area contributed by atoms with E-state index in [1.807, 2.05) is 0 Å². The van der Waals surface area contributed by atoms with Crippen LogP contribution in [0.5, 0.6) is 0 Å². The van der Waals surface area contributed by atoms with Crippen molar-refractivity contribution in [3.8, 4) is 67.5 Å². The van der Waals surface area contributed by atoms with Crippen molar-refractivity contribution in [2.24, 2.45) is 0 Å². The van der Waals surface area contributed by atoms with Gasteiger partial charge in [-0.2, -0.15) is 0 Å². The minimum atomic E-state index is -0.449. The molecule has 3 nitrogen and oxygen atoms in total. The van der Waals surface area contributed by atoms with Crippen molar-refractivity contribution in [1.29, 1.82) is 0 Å². The summed E-state index contributed by atoms with van der Waals surface area (Å²) in [6, 6.07) is 68.1. The van der Waals surface area contributed by atoms with E-state index in [2.05, 4.69) is 188 Å². The van der Waals surface area contributed by atoms with E-state index in [-0.39, 0.29) is 14.5 Å². The van der Waals surface area contributed by atoms with Crippen LogP contribution in [0.15, 0.2) is 188 Å². The number of hydrogen-bond donors (Lipinski definition) is 0. The number of hydrogen-bond acceptors (Lipinski definition) is 3. The van der Waals surface area contributed by atoms with Crippen LogP contribution in [-0.4, -0.2) is 29.5 Å². The van der Waals surface area contributed by atoms with Crippen molar-refractivity contribution in [3.05, 3.63) is 210 Å². The van der Waals surface area contributed by atoms with Gasteiger partial charge in [0.2, 0.25) is 0 Å². The van der Waals surface area contributed by atoms with Crippen molar-refractivity contribution in [2.75, 3.05) is 0 Å². The molecule has 0 atom stereocenters. The second-order valence-electron chi connectivity index (χ2n) is 14.6. The maximum absolute atomic E-state index is 5.45. The fourth-order valence-electron chi connectivity index (χ4n) is 9.44. The average molecular weight is 777 g/mol. The fraction of sp³-hybridized carbons (Fsp3) is 0.0192. The fourth-order valence-corrected chi connectivity index (χ4v) is 12.0. The van der Waals surface area contributed by atoms with E-state index in [0.29, 0.717) is 17.5 Å². The Morgan fingerprint density at radius 3 is 1.55 bits per heavy atom. The Labute approximate surface area is 330 Å². The SMILES string of the molecule is c1ccc(-c2ccc(-c3nc(-c4cccc5c4-c4ccccc4C54c5ccccc5-c5ccccc54)nc(-c4cccc5c4[se]c4ccccc45)n3)cc2)cc1. The molecule has 2 heterocycles. The Morgan fingerprint density at radius 1 is 0.321 bits per heavy atom. The molecule has 2 aliphatic rings. The minimum absolute atomic E-state index is 0.134. The molecule has 0 unspecified atom stereocenters. The van der Waals surface area contributed by atoms with Gasteiger partial charge in [-0.3, -0.25) is 0 Å². The summed E-state index contributed by atoms with van der Waals surface area (Å²) >= 11 is 0.134. The molecule has 2 aliphatic carbocycles. The molecular formula is C52H31N3Se. The Kier molecular flexibility index (Phi) is 6.86. The van der Waals surface area contributed by atoms with Crippen LogP contribution in [0.2, 0.25) is 0 Å². The topological polar surface area (TPSA) is 38.7 Å². The van der Waals surface area contributed by atoms with Crippen LogP contribution in [-0.2, 0) is 5.41 Å². The molecule has 0 radical (unpaired) electrons.